The Bertz CT molecular complexity index is 203. The van der Waals surface area contributed by atoms with Gasteiger partial charge in [0.25, 0.3) is 0 Å². The van der Waals surface area contributed by atoms with E-state index in [1.165, 1.54) is 58.0 Å². The minimum atomic E-state index is 0.729. The van der Waals surface area contributed by atoms with Crippen molar-refractivity contribution in [3.63, 3.8) is 0 Å². The van der Waals surface area contributed by atoms with Crippen molar-refractivity contribution < 1.29 is 0 Å². The molecule has 1 aliphatic rings. The van der Waals surface area contributed by atoms with E-state index in [1.807, 2.05) is 0 Å². The minimum absolute atomic E-state index is 0.729. The molecule has 0 bridgehead atoms. The molecule has 1 aliphatic carbocycles. The summed E-state index contributed by atoms with van der Waals surface area (Å²) in [6.07, 6.45) is 9.46. The molecular weight excluding hydrogens is 220 g/mol. The van der Waals surface area contributed by atoms with Crippen molar-refractivity contribution in [2.24, 2.45) is 5.92 Å². The van der Waals surface area contributed by atoms with E-state index in [2.05, 4.69) is 38.0 Å². The topological polar surface area (TPSA) is 15.3 Å². The number of nitrogens with zero attached hydrogens (tertiary/aromatic N) is 1. The van der Waals surface area contributed by atoms with Gasteiger partial charge in [-0.3, -0.25) is 0 Å². The molecule has 0 aromatic heterocycles. The van der Waals surface area contributed by atoms with Gasteiger partial charge in [-0.1, -0.05) is 33.6 Å². The maximum Gasteiger partial charge on any atom is 0.0248 e. The molecule has 2 heteroatoms. The lowest BCUT2D eigenvalue weighted by Gasteiger charge is -2.41. The minimum Gasteiger partial charge on any atom is -0.312 e. The molecule has 0 aromatic rings. The molecule has 1 N–H and O–H groups in total. The molecule has 1 rings (SSSR count). The fourth-order valence-electron chi connectivity index (χ4n) is 3.18. The molecular formula is C16H34N2. The molecule has 18 heavy (non-hydrogen) atoms. The molecule has 3 unspecified atom stereocenters. The zero-order valence-corrected chi connectivity index (χ0v) is 13.0. The van der Waals surface area contributed by atoms with Crippen LogP contribution >= 0.6 is 0 Å². The van der Waals surface area contributed by atoms with Gasteiger partial charge in [0.1, 0.15) is 0 Å². The fraction of sp³-hybridized carbons (Fsp3) is 1.00. The summed E-state index contributed by atoms with van der Waals surface area (Å²) in [6, 6.07) is 1.49. The van der Waals surface area contributed by atoms with Crippen LogP contribution in [0.25, 0.3) is 0 Å². The maximum absolute atomic E-state index is 3.77. The Hall–Kier alpha value is -0.0800. The molecule has 0 aliphatic heterocycles. The van der Waals surface area contributed by atoms with Gasteiger partial charge in [0.05, 0.1) is 0 Å². The third-order valence-electron chi connectivity index (χ3n) is 4.42. The van der Waals surface area contributed by atoms with E-state index in [-0.39, 0.29) is 0 Å². The summed E-state index contributed by atoms with van der Waals surface area (Å²) in [5.74, 6) is 0.906. The lowest BCUT2D eigenvalue weighted by atomic mass is 9.82. The van der Waals surface area contributed by atoms with Crippen LogP contribution in [-0.2, 0) is 0 Å². The molecule has 0 radical (unpaired) electrons. The Labute approximate surface area is 115 Å². The zero-order valence-electron chi connectivity index (χ0n) is 13.0. The summed E-state index contributed by atoms with van der Waals surface area (Å²) >= 11 is 0. The van der Waals surface area contributed by atoms with Crippen LogP contribution in [0.15, 0.2) is 0 Å². The molecule has 3 atom stereocenters. The van der Waals surface area contributed by atoms with E-state index in [9.17, 15) is 0 Å². The van der Waals surface area contributed by atoms with Gasteiger partial charge in [0.15, 0.2) is 0 Å². The van der Waals surface area contributed by atoms with Crippen molar-refractivity contribution >= 4 is 0 Å². The molecule has 0 spiro atoms. The summed E-state index contributed by atoms with van der Waals surface area (Å²) in [5, 5.41) is 3.77. The second-order valence-corrected chi connectivity index (χ2v) is 6.23. The number of hydrogen-bond donors (Lipinski definition) is 1. The largest absolute Gasteiger partial charge is 0.312 e. The van der Waals surface area contributed by atoms with Gasteiger partial charge in [0.2, 0.25) is 0 Å². The summed E-state index contributed by atoms with van der Waals surface area (Å²) in [6.45, 7) is 9.42. The normalized spacial score (nSPS) is 28.8. The lowest BCUT2D eigenvalue weighted by molar-refractivity contribution is 0.123. The van der Waals surface area contributed by atoms with Crippen LogP contribution < -0.4 is 5.32 Å². The molecule has 0 amide bonds. The van der Waals surface area contributed by atoms with Gasteiger partial charge in [-0.25, -0.2) is 0 Å². The van der Waals surface area contributed by atoms with Crippen molar-refractivity contribution in [2.45, 2.75) is 77.8 Å². The van der Waals surface area contributed by atoms with E-state index >= 15 is 0 Å². The van der Waals surface area contributed by atoms with Crippen molar-refractivity contribution in [3.05, 3.63) is 0 Å². The zero-order chi connectivity index (χ0) is 13.4. The van der Waals surface area contributed by atoms with Crippen LogP contribution in [0.3, 0.4) is 0 Å². The Kier molecular flexibility index (Phi) is 7.92. The molecule has 0 aromatic carbocycles. The first-order valence-corrected chi connectivity index (χ1v) is 8.12. The van der Waals surface area contributed by atoms with E-state index in [0.29, 0.717) is 0 Å². The molecule has 2 nitrogen and oxygen atoms in total. The van der Waals surface area contributed by atoms with Gasteiger partial charge in [-0.15, -0.1) is 0 Å². The van der Waals surface area contributed by atoms with Crippen molar-refractivity contribution in [3.8, 4) is 0 Å². The van der Waals surface area contributed by atoms with Gasteiger partial charge in [-0.2, -0.15) is 0 Å². The lowest BCUT2D eigenvalue weighted by Crippen LogP contribution is -2.52. The first-order chi connectivity index (χ1) is 8.69. The van der Waals surface area contributed by atoms with Crippen molar-refractivity contribution in [1.29, 1.82) is 0 Å². The van der Waals surface area contributed by atoms with Crippen LogP contribution in [0.2, 0.25) is 0 Å². The first kappa shape index (κ1) is 16.0. The summed E-state index contributed by atoms with van der Waals surface area (Å²) in [7, 11) is 2.33. The highest BCUT2D eigenvalue weighted by atomic mass is 15.2. The molecule has 1 saturated carbocycles. The average Bonchev–Trinajstić information content (AvgIpc) is 2.37. The van der Waals surface area contributed by atoms with Crippen LogP contribution in [0.4, 0.5) is 0 Å². The number of rotatable bonds is 8. The standard InChI is InChI=1S/C16H34N2/c1-5-7-8-12-18(4)16-13-14(3)9-10-15(16)17-11-6-2/h14-17H,5-13H2,1-4H3. The monoisotopic (exact) mass is 254 g/mol. The Morgan fingerprint density at radius 3 is 2.56 bits per heavy atom. The molecule has 0 saturated heterocycles. The van der Waals surface area contributed by atoms with Crippen LogP contribution in [0.5, 0.6) is 0 Å². The van der Waals surface area contributed by atoms with Gasteiger partial charge in [0, 0.05) is 12.1 Å². The highest BCUT2D eigenvalue weighted by Gasteiger charge is 2.30. The highest BCUT2D eigenvalue weighted by molar-refractivity contribution is 4.89. The summed E-state index contributed by atoms with van der Waals surface area (Å²) < 4.78 is 0. The Morgan fingerprint density at radius 2 is 1.89 bits per heavy atom. The first-order valence-electron chi connectivity index (χ1n) is 8.12. The quantitative estimate of drug-likeness (QED) is 0.665. The third kappa shape index (κ3) is 5.27. The molecule has 1 fully saturated rings. The second kappa shape index (κ2) is 8.92. The van der Waals surface area contributed by atoms with Gasteiger partial charge in [-0.05, 0) is 58.2 Å². The number of unbranched alkanes of at least 4 members (excludes halogenated alkanes) is 2. The maximum atomic E-state index is 3.77. The van der Waals surface area contributed by atoms with Crippen LogP contribution in [0.1, 0.15) is 65.7 Å². The van der Waals surface area contributed by atoms with Gasteiger partial charge >= 0.3 is 0 Å². The van der Waals surface area contributed by atoms with E-state index in [4.69, 9.17) is 0 Å². The summed E-state index contributed by atoms with van der Waals surface area (Å²) in [4.78, 5) is 2.62. The van der Waals surface area contributed by atoms with E-state index < -0.39 is 0 Å². The van der Waals surface area contributed by atoms with Crippen molar-refractivity contribution in [1.82, 2.24) is 10.2 Å². The Morgan fingerprint density at radius 1 is 1.11 bits per heavy atom. The van der Waals surface area contributed by atoms with E-state index in [0.717, 1.165) is 18.0 Å². The van der Waals surface area contributed by atoms with Crippen LogP contribution in [-0.4, -0.2) is 37.1 Å². The Balaban J connectivity index is 2.43. The van der Waals surface area contributed by atoms with Crippen LogP contribution in [0, 0.1) is 5.92 Å². The van der Waals surface area contributed by atoms with Gasteiger partial charge < -0.3 is 10.2 Å². The molecule has 108 valence electrons. The average molecular weight is 254 g/mol. The van der Waals surface area contributed by atoms with E-state index in [1.54, 1.807) is 0 Å². The predicted octanol–water partition coefficient (Wildman–Crippen LogP) is 3.67. The summed E-state index contributed by atoms with van der Waals surface area (Å²) in [5.41, 5.74) is 0. The fourth-order valence-corrected chi connectivity index (χ4v) is 3.18. The highest BCUT2D eigenvalue weighted by Crippen LogP contribution is 2.27. The number of nitrogens with one attached hydrogen (secondary N) is 1. The second-order valence-electron chi connectivity index (χ2n) is 6.23. The van der Waals surface area contributed by atoms with Crippen molar-refractivity contribution in [2.75, 3.05) is 20.1 Å². The predicted molar refractivity (Wildman–Crippen MR) is 81.0 cm³/mol. The third-order valence-corrected chi connectivity index (χ3v) is 4.42. The SMILES string of the molecule is CCCCCN(C)C1CC(C)CCC1NCCC. The molecule has 0 heterocycles. The smallest absolute Gasteiger partial charge is 0.0248 e. The number of likely N-dealkylation sites (N-methyl/N-ethyl adjacent to an activating group) is 1. The number of hydrogen-bond acceptors (Lipinski definition) is 2.